The smallest absolute Gasteiger partial charge is 0.358 e. The number of pyridine rings is 1. The molecular weight excluding hydrogens is 385 g/mol. The Bertz CT molecular complexity index is 983. The quantitative estimate of drug-likeness (QED) is 0.571. The predicted molar refractivity (Wildman–Crippen MR) is 109 cm³/mol. The Balaban J connectivity index is 1.75. The molecule has 2 heterocycles. The average molecular weight is 406 g/mol. The fraction of sp³-hybridized carbons (Fsp3) is 0.300. The number of aromatic nitrogens is 2. The van der Waals surface area contributed by atoms with Crippen LogP contribution in [0, 0.1) is 0 Å². The van der Waals surface area contributed by atoms with E-state index < -0.39 is 5.97 Å². The Kier molecular flexibility index (Phi) is 5.63. The first-order valence-electron chi connectivity index (χ1n) is 8.65. The van der Waals surface area contributed by atoms with Crippen LogP contribution in [0.15, 0.2) is 42.7 Å². The average Bonchev–Trinajstić information content (AvgIpc) is 3.06. The van der Waals surface area contributed by atoms with E-state index >= 15 is 0 Å². The normalized spacial score (nSPS) is 11.6. The third-order valence-electron chi connectivity index (χ3n) is 4.37. The maximum atomic E-state index is 11.8. The molecule has 0 saturated heterocycles. The van der Waals surface area contributed by atoms with Crippen LogP contribution in [-0.4, -0.2) is 28.5 Å². The number of imidazole rings is 1. The number of esters is 1. The molecule has 0 aliphatic heterocycles. The van der Waals surface area contributed by atoms with Crippen molar-refractivity contribution < 1.29 is 9.53 Å². The van der Waals surface area contributed by atoms with E-state index in [1.807, 2.05) is 36.5 Å². The standard InChI is InChI=1S/C20H21Cl2N3O2/c1-4-27-19(26)17-11-25-10-14(6-8-18(25)24-17)23-12-20(2,3)13-5-7-15(21)16(22)9-13/h5-11,23H,4,12H2,1-3H3. The molecule has 3 rings (SSSR count). The lowest BCUT2D eigenvalue weighted by atomic mass is 9.84. The van der Waals surface area contributed by atoms with Crippen LogP contribution in [0.25, 0.3) is 5.65 Å². The third kappa shape index (κ3) is 4.37. The van der Waals surface area contributed by atoms with Gasteiger partial charge in [0, 0.05) is 24.4 Å². The molecule has 0 amide bonds. The van der Waals surface area contributed by atoms with Gasteiger partial charge in [-0.15, -0.1) is 0 Å². The summed E-state index contributed by atoms with van der Waals surface area (Å²) in [5.41, 5.74) is 2.84. The summed E-state index contributed by atoms with van der Waals surface area (Å²) >= 11 is 12.2. The van der Waals surface area contributed by atoms with E-state index in [1.165, 1.54) is 0 Å². The van der Waals surface area contributed by atoms with Crippen LogP contribution in [0.3, 0.4) is 0 Å². The zero-order chi connectivity index (χ0) is 19.6. The molecule has 27 heavy (non-hydrogen) atoms. The molecule has 5 nitrogen and oxygen atoms in total. The summed E-state index contributed by atoms with van der Waals surface area (Å²) in [6.07, 6.45) is 3.57. The molecule has 0 spiro atoms. The highest BCUT2D eigenvalue weighted by Gasteiger charge is 2.21. The van der Waals surface area contributed by atoms with E-state index in [9.17, 15) is 4.79 Å². The van der Waals surface area contributed by atoms with Gasteiger partial charge in [-0.05, 0) is 36.8 Å². The van der Waals surface area contributed by atoms with Crippen molar-refractivity contribution >= 4 is 40.5 Å². The molecule has 0 fully saturated rings. The van der Waals surface area contributed by atoms with Gasteiger partial charge in [0.2, 0.25) is 0 Å². The Morgan fingerprint density at radius 2 is 1.96 bits per heavy atom. The largest absolute Gasteiger partial charge is 0.461 e. The van der Waals surface area contributed by atoms with Crippen molar-refractivity contribution in [3.05, 3.63) is 64.0 Å². The van der Waals surface area contributed by atoms with E-state index in [0.717, 1.165) is 11.3 Å². The van der Waals surface area contributed by atoms with Crippen molar-refractivity contribution in [1.29, 1.82) is 0 Å². The number of anilines is 1. The molecule has 0 aliphatic rings. The molecule has 1 aromatic carbocycles. The Hall–Kier alpha value is -2.24. The number of rotatable bonds is 6. The number of fused-ring (bicyclic) bond motifs is 1. The van der Waals surface area contributed by atoms with Gasteiger partial charge in [-0.3, -0.25) is 0 Å². The van der Waals surface area contributed by atoms with Gasteiger partial charge in [0.05, 0.1) is 22.3 Å². The first-order chi connectivity index (χ1) is 12.8. The van der Waals surface area contributed by atoms with Crippen LogP contribution in [0.4, 0.5) is 5.69 Å². The third-order valence-corrected chi connectivity index (χ3v) is 5.11. The van der Waals surface area contributed by atoms with Crippen LogP contribution in [0.1, 0.15) is 36.8 Å². The van der Waals surface area contributed by atoms with E-state index in [2.05, 4.69) is 24.1 Å². The van der Waals surface area contributed by atoms with Crippen molar-refractivity contribution in [2.45, 2.75) is 26.2 Å². The van der Waals surface area contributed by atoms with Gasteiger partial charge in [-0.2, -0.15) is 0 Å². The maximum absolute atomic E-state index is 11.8. The second kappa shape index (κ2) is 7.79. The molecule has 0 unspecified atom stereocenters. The van der Waals surface area contributed by atoms with Gasteiger partial charge >= 0.3 is 5.97 Å². The van der Waals surface area contributed by atoms with Crippen molar-refractivity contribution in [1.82, 2.24) is 9.38 Å². The molecule has 0 bridgehead atoms. The highest BCUT2D eigenvalue weighted by atomic mass is 35.5. The zero-order valence-electron chi connectivity index (χ0n) is 15.4. The molecule has 3 aromatic rings. The summed E-state index contributed by atoms with van der Waals surface area (Å²) in [4.78, 5) is 16.1. The van der Waals surface area contributed by atoms with Crippen LogP contribution in [0.2, 0.25) is 10.0 Å². The molecule has 0 saturated carbocycles. The van der Waals surface area contributed by atoms with Gasteiger partial charge in [0.15, 0.2) is 5.69 Å². The van der Waals surface area contributed by atoms with Crippen molar-refractivity contribution in [3.63, 3.8) is 0 Å². The number of halogens is 2. The van der Waals surface area contributed by atoms with Gasteiger partial charge in [0.25, 0.3) is 0 Å². The lowest BCUT2D eigenvalue weighted by Crippen LogP contribution is -2.27. The minimum atomic E-state index is -0.420. The van der Waals surface area contributed by atoms with Crippen LogP contribution < -0.4 is 5.32 Å². The molecule has 7 heteroatoms. The topological polar surface area (TPSA) is 55.6 Å². The monoisotopic (exact) mass is 405 g/mol. The van der Waals surface area contributed by atoms with Crippen LogP contribution >= 0.6 is 23.2 Å². The van der Waals surface area contributed by atoms with Crippen molar-refractivity contribution in [2.24, 2.45) is 0 Å². The molecule has 1 N–H and O–H groups in total. The fourth-order valence-electron chi connectivity index (χ4n) is 2.74. The van der Waals surface area contributed by atoms with Crippen LogP contribution in [0.5, 0.6) is 0 Å². The molecule has 0 radical (unpaired) electrons. The minimum absolute atomic E-state index is 0.159. The predicted octanol–water partition coefficient (Wildman–Crippen LogP) is 5.21. The Labute approximate surface area is 168 Å². The summed E-state index contributed by atoms with van der Waals surface area (Å²) < 4.78 is 6.80. The number of hydrogen-bond acceptors (Lipinski definition) is 4. The summed E-state index contributed by atoms with van der Waals surface area (Å²) in [6, 6.07) is 9.49. The number of carbonyl (C=O) groups excluding carboxylic acids is 1. The molecule has 142 valence electrons. The summed E-state index contributed by atoms with van der Waals surface area (Å²) in [5.74, 6) is -0.420. The summed E-state index contributed by atoms with van der Waals surface area (Å²) in [5, 5.41) is 4.53. The van der Waals surface area contributed by atoms with Gasteiger partial charge < -0.3 is 14.5 Å². The second-order valence-electron chi connectivity index (χ2n) is 6.90. The highest BCUT2D eigenvalue weighted by molar-refractivity contribution is 6.42. The molecular formula is C20H21Cl2N3O2. The lowest BCUT2D eigenvalue weighted by molar-refractivity contribution is 0.0520. The number of hydrogen-bond donors (Lipinski definition) is 1. The second-order valence-corrected chi connectivity index (χ2v) is 7.71. The maximum Gasteiger partial charge on any atom is 0.358 e. The van der Waals surface area contributed by atoms with Gasteiger partial charge in [0.1, 0.15) is 5.65 Å². The van der Waals surface area contributed by atoms with Crippen molar-refractivity contribution in [2.75, 3.05) is 18.5 Å². The zero-order valence-corrected chi connectivity index (χ0v) is 16.9. The number of nitrogens with zero attached hydrogens (tertiary/aromatic N) is 2. The van der Waals surface area contributed by atoms with E-state index in [4.69, 9.17) is 27.9 Å². The number of benzene rings is 1. The lowest BCUT2D eigenvalue weighted by Gasteiger charge is -2.26. The SMILES string of the molecule is CCOC(=O)c1cn2cc(NCC(C)(C)c3ccc(Cl)c(Cl)c3)ccc2n1. The van der Waals surface area contributed by atoms with E-state index in [0.29, 0.717) is 34.5 Å². The fourth-order valence-corrected chi connectivity index (χ4v) is 3.04. The van der Waals surface area contributed by atoms with Gasteiger partial charge in [-0.1, -0.05) is 43.1 Å². The molecule has 0 atom stereocenters. The molecule has 0 aliphatic carbocycles. The van der Waals surface area contributed by atoms with E-state index in [-0.39, 0.29) is 5.41 Å². The number of carbonyl (C=O) groups is 1. The van der Waals surface area contributed by atoms with E-state index in [1.54, 1.807) is 17.5 Å². The minimum Gasteiger partial charge on any atom is -0.461 e. The number of ether oxygens (including phenoxy) is 1. The Morgan fingerprint density at radius 1 is 1.19 bits per heavy atom. The highest BCUT2D eigenvalue weighted by Crippen LogP contribution is 2.30. The van der Waals surface area contributed by atoms with Crippen molar-refractivity contribution in [3.8, 4) is 0 Å². The summed E-state index contributed by atoms with van der Waals surface area (Å²) in [7, 11) is 0. The van der Waals surface area contributed by atoms with Crippen LogP contribution in [-0.2, 0) is 10.2 Å². The number of nitrogens with one attached hydrogen (secondary N) is 1. The molecule has 2 aromatic heterocycles. The van der Waals surface area contributed by atoms with Gasteiger partial charge in [-0.25, -0.2) is 9.78 Å². The Morgan fingerprint density at radius 3 is 2.67 bits per heavy atom. The first kappa shape index (κ1) is 19.5. The summed E-state index contributed by atoms with van der Waals surface area (Å²) in [6.45, 7) is 7.05. The first-order valence-corrected chi connectivity index (χ1v) is 9.41.